The van der Waals surface area contributed by atoms with Crippen LogP contribution in [0.2, 0.25) is 0 Å². The second-order valence-electron chi connectivity index (χ2n) is 4.97. The monoisotopic (exact) mass is 182 g/mol. The van der Waals surface area contributed by atoms with Crippen LogP contribution in [0.5, 0.6) is 0 Å². The summed E-state index contributed by atoms with van der Waals surface area (Å²) in [5.41, 5.74) is 0.320. The number of rotatable bonds is 0. The quantitative estimate of drug-likeness (QED) is 0.539. The van der Waals surface area contributed by atoms with E-state index in [1.54, 1.807) is 0 Å². The third-order valence-corrected chi connectivity index (χ3v) is 4.65. The van der Waals surface area contributed by atoms with Crippen LogP contribution in [0.15, 0.2) is 23.8 Å². The third-order valence-electron chi connectivity index (χ3n) is 4.65. The lowest BCUT2D eigenvalue weighted by atomic mass is 9.87. The first-order valence-corrected chi connectivity index (χ1v) is 4.80. The lowest BCUT2D eigenvalue weighted by Gasteiger charge is -2.12. The molecular formula is C12H10N2. The molecule has 1 saturated carbocycles. The van der Waals surface area contributed by atoms with Crippen molar-refractivity contribution in [1.29, 1.82) is 10.5 Å². The Morgan fingerprint density at radius 3 is 2.50 bits per heavy atom. The van der Waals surface area contributed by atoms with Crippen LogP contribution in [-0.4, -0.2) is 0 Å². The van der Waals surface area contributed by atoms with Crippen molar-refractivity contribution in [2.75, 3.05) is 0 Å². The van der Waals surface area contributed by atoms with Gasteiger partial charge >= 0.3 is 0 Å². The molecule has 3 aliphatic carbocycles. The van der Waals surface area contributed by atoms with E-state index in [-0.39, 0.29) is 10.8 Å². The van der Waals surface area contributed by atoms with Crippen LogP contribution < -0.4 is 0 Å². The Bertz CT molecular complexity index is 487. The summed E-state index contributed by atoms with van der Waals surface area (Å²) in [7, 11) is 0. The number of fused-ring (bicyclic) bond motifs is 1. The molecular weight excluding hydrogens is 172 g/mol. The van der Waals surface area contributed by atoms with E-state index in [0.717, 1.165) is 5.57 Å². The van der Waals surface area contributed by atoms with Crippen LogP contribution >= 0.6 is 0 Å². The molecule has 68 valence electrons. The fourth-order valence-corrected chi connectivity index (χ4v) is 3.73. The molecule has 0 N–H and O–H groups in total. The molecule has 0 aromatic carbocycles. The second kappa shape index (κ2) is 1.66. The Morgan fingerprint density at radius 2 is 2.00 bits per heavy atom. The predicted octanol–water partition coefficient (Wildman–Crippen LogP) is 2.17. The molecule has 0 aromatic heterocycles. The number of nitriles is 2. The molecule has 3 rings (SSSR count). The normalized spacial score (nSPS) is 56.0. The summed E-state index contributed by atoms with van der Waals surface area (Å²) >= 11 is 0. The molecule has 2 unspecified atom stereocenters. The molecule has 14 heavy (non-hydrogen) atoms. The van der Waals surface area contributed by atoms with Gasteiger partial charge in [-0.05, 0) is 6.08 Å². The van der Waals surface area contributed by atoms with Crippen LogP contribution in [0.3, 0.4) is 0 Å². The second-order valence-corrected chi connectivity index (χ2v) is 4.97. The number of allylic oxidation sites excluding steroid dienone is 4. The Balaban J connectivity index is 2.29. The maximum absolute atomic E-state index is 9.23. The fraction of sp³-hybridized carbons (Fsp3) is 0.500. The van der Waals surface area contributed by atoms with Crippen LogP contribution in [0.1, 0.15) is 13.8 Å². The van der Waals surface area contributed by atoms with Crippen LogP contribution in [0.4, 0.5) is 0 Å². The van der Waals surface area contributed by atoms with Crippen molar-refractivity contribution in [1.82, 2.24) is 0 Å². The van der Waals surface area contributed by atoms with Gasteiger partial charge in [0.25, 0.3) is 0 Å². The van der Waals surface area contributed by atoms with E-state index in [1.165, 1.54) is 0 Å². The highest BCUT2D eigenvalue weighted by Gasteiger charge is 2.82. The van der Waals surface area contributed by atoms with Crippen molar-refractivity contribution in [3.63, 3.8) is 0 Å². The molecule has 3 aliphatic rings. The highest BCUT2D eigenvalue weighted by molar-refractivity contribution is 5.61. The average Bonchev–Trinajstić information content (AvgIpc) is 2.50. The van der Waals surface area contributed by atoms with Gasteiger partial charge in [0, 0.05) is 22.3 Å². The first-order chi connectivity index (χ1) is 6.55. The van der Waals surface area contributed by atoms with E-state index >= 15 is 0 Å². The Hall–Kier alpha value is -1.54. The molecule has 0 radical (unpaired) electrons. The van der Waals surface area contributed by atoms with Crippen molar-refractivity contribution < 1.29 is 0 Å². The molecule has 0 heterocycles. The van der Waals surface area contributed by atoms with Crippen molar-refractivity contribution in [2.24, 2.45) is 22.2 Å². The summed E-state index contributed by atoms with van der Waals surface area (Å²) < 4.78 is 0. The van der Waals surface area contributed by atoms with E-state index in [9.17, 15) is 5.26 Å². The van der Waals surface area contributed by atoms with Gasteiger partial charge in [0.15, 0.2) is 0 Å². The smallest absolute Gasteiger partial charge is 0.0992 e. The minimum Gasteiger partial charge on any atom is -0.197 e. The minimum atomic E-state index is -0.478. The van der Waals surface area contributed by atoms with Crippen molar-refractivity contribution >= 4 is 0 Å². The van der Waals surface area contributed by atoms with Crippen LogP contribution in [-0.2, 0) is 0 Å². The van der Waals surface area contributed by atoms with E-state index in [0.29, 0.717) is 5.92 Å². The zero-order chi connectivity index (χ0) is 10.2. The van der Waals surface area contributed by atoms with Crippen molar-refractivity contribution in [3.8, 4) is 12.1 Å². The maximum Gasteiger partial charge on any atom is 0.0992 e. The summed E-state index contributed by atoms with van der Waals surface area (Å²) in [6.07, 6.45) is 5.97. The molecule has 0 bridgehead atoms. The van der Waals surface area contributed by atoms with Gasteiger partial charge in [-0.15, -0.1) is 0 Å². The summed E-state index contributed by atoms with van der Waals surface area (Å²) in [5.74, 6) is 0.308. The van der Waals surface area contributed by atoms with Crippen LogP contribution in [0, 0.1) is 44.8 Å². The zero-order valence-electron chi connectivity index (χ0n) is 8.20. The van der Waals surface area contributed by atoms with Gasteiger partial charge < -0.3 is 0 Å². The van der Waals surface area contributed by atoms with Crippen molar-refractivity contribution in [2.45, 2.75) is 13.8 Å². The van der Waals surface area contributed by atoms with Crippen LogP contribution in [0.25, 0.3) is 0 Å². The van der Waals surface area contributed by atoms with Gasteiger partial charge in [-0.25, -0.2) is 0 Å². The molecule has 1 fully saturated rings. The average molecular weight is 182 g/mol. The van der Waals surface area contributed by atoms with Gasteiger partial charge in [-0.3, -0.25) is 0 Å². The maximum atomic E-state index is 9.23. The summed E-state index contributed by atoms with van der Waals surface area (Å²) in [4.78, 5) is 0. The number of hydrogen-bond acceptors (Lipinski definition) is 2. The molecule has 0 amide bonds. The minimum absolute atomic E-state index is 0.0581. The van der Waals surface area contributed by atoms with Gasteiger partial charge in [-0.2, -0.15) is 10.5 Å². The summed E-state index contributed by atoms with van der Waals surface area (Å²) in [5, 5.41) is 18.3. The molecule has 2 heteroatoms. The lowest BCUT2D eigenvalue weighted by Crippen LogP contribution is -2.12. The van der Waals surface area contributed by atoms with E-state index in [2.05, 4.69) is 32.1 Å². The Morgan fingerprint density at radius 1 is 1.29 bits per heavy atom. The molecule has 0 aliphatic heterocycles. The highest BCUT2D eigenvalue weighted by Crippen LogP contribution is 2.85. The molecule has 0 saturated heterocycles. The summed E-state index contributed by atoms with van der Waals surface area (Å²) in [6.45, 7) is 4.26. The zero-order valence-corrected chi connectivity index (χ0v) is 8.20. The largest absolute Gasteiger partial charge is 0.197 e. The molecule has 0 spiro atoms. The Labute approximate surface area is 83.1 Å². The number of nitrogens with zero attached hydrogens (tertiary/aromatic N) is 2. The predicted molar refractivity (Wildman–Crippen MR) is 50.6 cm³/mol. The lowest BCUT2D eigenvalue weighted by molar-refractivity contribution is 0.512. The number of hydrogen-bond donors (Lipinski definition) is 0. The first-order valence-electron chi connectivity index (χ1n) is 4.80. The highest BCUT2D eigenvalue weighted by atomic mass is 14.8. The van der Waals surface area contributed by atoms with Gasteiger partial charge in [-0.1, -0.05) is 26.0 Å². The fourth-order valence-electron chi connectivity index (χ4n) is 3.73. The first kappa shape index (κ1) is 7.83. The van der Waals surface area contributed by atoms with Gasteiger partial charge in [0.1, 0.15) is 0 Å². The molecule has 2 nitrogen and oxygen atoms in total. The third kappa shape index (κ3) is 0.434. The van der Waals surface area contributed by atoms with Gasteiger partial charge in [0.05, 0.1) is 17.6 Å². The molecule has 4 atom stereocenters. The Kier molecular flexibility index (Phi) is 0.930. The van der Waals surface area contributed by atoms with E-state index in [4.69, 9.17) is 5.26 Å². The van der Waals surface area contributed by atoms with Crippen molar-refractivity contribution in [3.05, 3.63) is 23.8 Å². The van der Waals surface area contributed by atoms with E-state index < -0.39 is 5.41 Å². The van der Waals surface area contributed by atoms with E-state index in [1.807, 2.05) is 12.2 Å². The topological polar surface area (TPSA) is 47.6 Å². The standard InChI is InChI=1S/C12H10N2/c1-10-3-4-12(7-14)5-8(6-13)11(10,2)9(10)12/h3-5,9H,1-2H3/t9?,10-,11+,12?/m1/s1. The summed E-state index contributed by atoms with van der Waals surface area (Å²) in [6, 6.07) is 4.61. The SMILES string of the molecule is C[C@@]12C(C#N)=CC3(C#N)C=C[C@]1(C)C32. The molecule has 0 aromatic rings. The van der Waals surface area contributed by atoms with Gasteiger partial charge in [0.2, 0.25) is 0 Å².